The van der Waals surface area contributed by atoms with Crippen molar-refractivity contribution < 1.29 is 9.25 Å². The summed E-state index contributed by atoms with van der Waals surface area (Å²) in [6, 6.07) is 8.21. The monoisotopic (exact) mass is 230 g/mol. The SMILES string of the molecule is CONC1=NCC(c2occ3ccccc23)C1. The third-order valence-electron chi connectivity index (χ3n) is 3.07. The Balaban J connectivity index is 1.87. The Morgan fingerprint density at radius 1 is 1.41 bits per heavy atom. The van der Waals surface area contributed by atoms with E-state index < -0.39 is 0 Å². The molecule has 0 bridgehead atoms. The zero-order valence-electron chi connectivity index (χ0n) is 9.64. The summed E-state index contributed by atoms with van der Waals surface area (Å²) in [5, 5.41) is 2.34. The third kappa shape index (κ3) is 1.80. The predicted octanol–water partition coefficient (Wildman–Crippen LogP) is 2.47. The Labute approximate surface area is 99.2 Å². The summed E-state index contributed by atoms with van der Waals surface area (Å²) < 4.78 is 5.68. The first-order chi connectivity index (χ1) is 8.38. The maximum Gasteiger partial charge on any atom is 0.121 e. The van der Waals surface area contributed by atoms with Crippen molar-refractivity contribution in [2.24, 2.45) is 4.99 Å². The highest BCUT2D eigenvalue weighted by molar-refractivity contribution is 5.87. The van der Waals surface area contributed by atoms with E-state index in [0.717, 1.165) is 29.9 Å². The van der Waals surface area contributed by atoms with Crippen LogP contribution in [-0.2, 0) is 4.84 Å². The predicted molar refractivity (Wildman–Crippen MR) is 66.0 cm³/mol. The van der Waals surface area contributed by atoms with Crippen LogP contribution in [0.1, 0.15) is 18.1 Å². The molecule has 2 heterocycles. The van der Waals surface area contributed by atoms with E-state index in [1.54, 1.807) is 7.11 Å². The van der Waals surface area contributed by atoms with E-state index in [2.05, 4.69) is 22.6 Å². The molecule has 1 aromatic carbocycles. The molecule has 1 aliphatic heterocycles. The van der Waals surface area contributed by atoms with Gasteiger partial charge in [0.25, 0.3) is 0 Å². The van der Waals surface area contributed by atoms with Crippen LogP contribution in [0.2, 0.25) is 0 Å². The van der Waals surface area contributed by atoms with Crippen molar-refractivity contribution in [2.75, 3.05) is 13.7 Å². The van der Waals surface area contributed by atoms with Gasteiger partial charge in [0.15, 0.2) is 0 Å². The van der Waals surface area contributed by atoms with Gasteiger partial charge >= 0.3 is 0 Å². The summed E-state index contributed by atoms with van der Waals surface area (Å²) in [6.45, 7) is 0.753. The van der Waals surface area contributed by atoms with Crippen molar-refractivity contribution in [3.8, 4) is 0 Å². The first-order valence-electron chi connectivity index (χ1n) is 5.67. The zero-order valence-corrected chi connectivity index (χ0v) is 9.64. The molecule has 0 spiro atoms. The summed E-state index contributed by atoms with van der Waals surface area (Å²) in [4.78, 5) is 9.26. The molecule has 4 nitrogen and oxygen atoms in total. The minimum Gasteiger partial charge on any atom is -0.468 e. The number of hydroxylamine groups is 1. The molecule has 0 aliphatic carbocycles. The van der Waals surface area contributed by atoms with E-state index in [-0.39, 0.29) is 0 Å². The van der Waals surface area contributed by atoms with Crippen molar-refractivity contribution in [2.45, 2.75) is 12.3 Å². The van der Waals surface area contributed by atoms with Gasteiger partial charge in [-0.2, -0.15) is 0 Å². The average Bonchev–Trinajstić information content (AvgIpc) is 2.95. The summed E-state index contributed by atoms with van der Waals surface area (Å²) in [5.74, 6) is 2.22. The molecule has 1 aromatic heterocycles. The second-order valence-corrected chi connectivity index (χ2v) is 4.18. The van der Waals surface area contributed by atoms with Crippen LogP contribution in [-0.4, -0.2) is 19.5 Å². The summed E-state index contributed by atoms with van der Waals surface area (Å²) in [7, 11) is 1.60. The van der Waals surface area contributed by atoms with Gasteiger partial charge in [-0.15, -0.1) is 0 Å². The standard InChI is InChI=1S/C13H14N2O2/c1-16-15-12-6-10(7-14-12)13-11-5-3-2-4-9(11)8-17-13/h2-5,8,10H,6-7H2,1H3,(H,14,15). The highest BCUT2D eigenvalue weighted by Gasteiger charge is 2.24. The Morgan fingerprint density at radius 3 is 3.18 bits per heavy atom. The second kappa shape index (κ2) is 4.22. The first-order valence-corrected chi connectivity index (χ1v) is 5.67. The summed E-state index contributed by atoms with van der Waals surface area (Å²) in [5.41, 5.74) is 2.79. The molecule has 0 radical (unpaired) electrons. The molecule has 0 fully saturated rings. The molecular weight excluding hydrogens is 216 g/mol. The fraction of sp³-hybridized carbons (Fsp3) is 0.308. The van der Waals surface area contributed by atoms with E-state index >= 15 is 0 Å². The minimum absolute atomic E-state index is 0.313. The maximum atomic E-state index is 5.68. The molecule has 0 amide bonds. The fourth-order valence-electron chi connectivity index (χ4n) is 2.28. The van der Waals surface area contributed by atoms with Crippen LogP contribution < -0.4 is 5.48 Å². The third-order valence-corrected chi connectivity index (χ3v) is 3.07. The fourth-order valence-corrected chi connectivity index (χ4v) is 2.28. The minimum atomic E-state index is 0.313. The Kier molecular flexibility index (Phi) is 2.57. The van der Waals surface area contributed by atoms with Gasteiger partial charge in [-0.05, 0) is 0 Å². The van der Waals surface area contributed by atoms with Crippen molar-refractivity contribution >= 4 is 16.6 Å². The number of nitrogens with one attached hydrogen (secondary N) is 1. The molecule has 3 rings (SSSR count). The van der Waals surface area contributed by atoms with Gasteiger partial charge in [0.2, 0.25) is 0 Å². The van der Waals surface area contributed by atoms with Crippen LogP contribution >= 0.6 is 0 Å². The number of amidine groups is 1. The molecule has 0 saturated heterocycles. The number of nitrogens with zero attached hydrogens (tertiary/aromatic N) is 1. The lowest BCUT2D eigenvalue weighted by Gasteiger charge is -2.06. The molecule has 1 aliphatic rings. The number of rotatable bonds is 2. The van der Waals surface area contributed by atoms with Crippen molar-refractivity contribution in [3.05, 3.63) is 36.3 Å². The number of furan rings is 1. The lowest BCUT2D eigenvalue weighted by Crippen LogP contribution is -2.20. The topological polar surface area (TPSA) is 46.8 Å². The Bertz CT molecular complexity index is 559. The Hall–Kier alpha value is -1.81. The Morgan fingerprint density at radius 2 is 2.29 bits per heavy atom. The lowest BCUT2D eigenvalue weighted by atomic mass is 10.0. The molecule has 1 N–H and O–H groups in total. The summed E-state index contributed by atoms with van der Waals surface area (Å²) >= 11 is 0. The van der Waals surface area contributed by atoms with Gasteiger partial charge in [-0.3, -0.25) is 15.3 Å². The number of hydrogen-bond donors (Lipinski definition) is 1. The van der Waals surface area contributed by atoms with Gasteiger partial charge in [-0.25, -0.2) is 0 Å². The molecule has 17 heavy (non-hydrogen) atoms. The smallest absolute Gasteiger partial charge is 0.121 e. The quantitative estimate of drug-likeness (QED) is 0.806. The molecule has 0 saturated carbocycles. The lowest BCUT2D eigenvalue weighted by molar-refractivity contribution is 0.143. The maximum absolute atomic E-state index is 5.68. The number of benzene rings is 1. The van der Waals surface area contributed by atoms with Gasteiger partial charge < -0.3 is 4.42 Å². The van der Waals surface area contributed by atoms with Crippen LogP contribution in [0.25, 0.3) is 10.8 Å². The van der Waals surface area contributed by atoms with E-state index in [1.165, 1.54) is 5.39 Å². The van der Waals surface area contributed by atoms with E-state index in [9.17, 15) is 0 Å². The van der Waals surface area contributed by atoms with E-state index in [0.29, 0.717) is 5.92 Å². The molecule has 2 aromatic rings. The molecule has 4 heteroatoms. The highest BCUT2D eigenvalue weighted by atomic mass is 16.6. The number of fused-ring (bicyclic) bond motifs is 1. The average molecular weight is 230 g/mol. The number of hydrogen-bond acceptors (Lipinski definition) is 4. The van der Waals surface area contributed by atoms with Crippen LogP contribution in [0.5, 0.6) is 0 Å². The van der Waals surface area contributed by atoms with Gasteiger partial charge in [0, 0.05) is 23.1 Å². The van der Waals surface area contributed by atoms with Crippen molar-refractivity contribution in [1.82, 2.24) is 5.48 Å². The number of aliphatic imine (C=N–C) groups is 1. The largest absolute Gasteiger partial charge is 0.468 e. The van der Waals surface area contributed by atoms with E-state index in [1.807, 2.05) is 18.4 Å². The zero-order chi connectivity index (χ0) is 11.7. The second-order valence-electron chi connectivity index (χ2n) is 4.18. The van der Waals surface area contributed by atoms with Gasteiger partial charge in [0.1, 0.15) is 11.6 Å². The van der Waals surface area contributed by atoms with Gasteiger partial charge in [-0.1, -0.05) is 24.3 Å². The van der Waals surface area contributed by atoms with Crippen molar-refractivity contribution in [3.63, 3.8) is 0 Å². The highest BCUT2D eigenvalue weighted by Crippen LogP contribution is 2.32. The van der Waals surface area contributed by atoms with Crippen LogP contribution in [0.4, 0.5) is 0 Å². The van der Waals surface area contributed by atoms with Crippen LogP contribution in [0.3, 0.4) is 0 Å². The van der Waals surface area contributed by atoms with Crippen molar-refractivity contribution in [1.29, 1.82) is 0 Å². The van der Waals surface area contributed by atoms with Crippen LogP contribution in [0.15, 0.2) is 39.9 Å². The molecule has 1 atom stereocenters. The molecular formula is C13H14N2O2. The summed E-state index contributed by atoms with van der Waals surface area (Å²) in [6.07, 6.45) is 2.65. The van der Waals surface area contributed by atoms with E-state index in [4.69, 9.17) is 9.25 Å². The molecule has 1 unspecified atom stereocenters. The first kappa shape index (κ1) is 10.4. The normalized spacial score (nSPS) is 19.6. The van der Waals surface area contributed by atoms with Crippen LogP contribution in [0, 0.1) is 0 Å². The van der Waals surface area contributed by atoms with Gasteiger partial charge in [0.05, 0.1) is 19.9 Å². The molecule has 88 valence electrons.